The lowest BCUT2D eigenvalue weighted by molar-refractivity contribution is 0.406. The molecule has 1 rings (SSSR count). The van der Waals surface area contributed by atoms with E-state index in [-0.39, 0.29) is 5.75 Å². The van der Waals surface area contributed by atoms with Crippen molar-refractivity contribution >= 4 is 20.5 Å². The van der Waals surface area contributed by atoms with Crippen molar-refractivity contribution in [3.63, 3.8) is 0 Å². The molecule has 0 aliphatic carbocycles. The average Bonchev–Trinajstić information content (AvgIpc) is 2.13. The molecule has 1 aromatic carbocycles. The third-order valence-corrected chi connectivity index (χ3v) is 2.98. The van der Waals surface area contributed by atoms with Gasteiger partial charge in [-0.25, -0.2) is 13.6 Å². The summed E-state index contributed by atoms with van der Waals surface area (Å²) in [5.41, 5.74) is 0. The van der Waals surface area contributed by atoms with Crippen LogP contribution in [0, 0.1) is 0 Å². The summed E-state index contributed by atoms with van der Waals surface area (Å²) < 4.78 is 63.7. The van der Waals surface area contributed by atoms with Crippen LogP contribution in [-0.2, 0) is 20.5 Å². The molecule has 0 atom stereocenters. The topological polar surface area (TPSA) is 113 Å². The predicted octanol–water partition coefficient (Wildman–Crippen LogP) is -0.0643. The summed E-state index contributed by atoms with van der Waals surface area (Å²) in [6, 6.07) is 3.03. The van der Waals surface area contributed by atoms with Crippen LogP contribution in [0.1, 0.15) is 0 Å². The monoisotopic (exact) mass is 285 g/mol. The van der Waals surface area contributed by atoms with Gasteiger partial charge in [0.25, 0.3) is 0 Å². The summed E-state index contributed by atoms with van der Waals surface area (Å²) in [6.07, 6.45) is 0. The normalized spacial score (nSPS) is 12.2. The van der Waals surface area contributed by atoms with Gasteiger partial charge in [-0.15, -0.1) is 0 Å². The van der Waals surface area contributed by atoms with Crippen LogP contribution in [0.5, 0.6) is 11.5 Å². The molecule has 96 valence electrons. The van der Waals surface area contributed by atoms with Gasteiger partial charge in [0.1, 0.15) is 10.6 Å². The first-order valence-electron chi connectivity index (χ1n) is 3.98. The van der Waals surface area contributed by atoms with Gasteiger partial charge in [0, 0.05) is 6.07 Å². The third kappa shape index (κ3) is 3.84. The van der Waals surface area contributed by atoms with Gasteiger partial charge in [0.15, 0.2) is 5.75 Å². The maximum Gasteiger partial charge on any atom is 0.488 e. The van der Waals surface area contributed by atoms with Crippen LogP contribution in [0.2, 0.25) is 0 Å². The molecule has 0 aromatic heterocycles. The van der Waals surface area contributed by atoms with E-state index in [4.69, 9.17) is 9.88 Å². The van der Waals surface area contributed by atoms with Crippen LogP contribution < -0.4 is 14.1 Å². The summed E-state index contributed by atoms with van der Waals surface area (Å²) in [5, 5.41) is 4.80. The zero-order valence-corrected chi connectivity index (χ0v) is 10.1. The quantitative estimate of drug-likeness (QED) is 0.775. The summed E-state index contributed by atoms with van der Waals surface area (Å²) in [6.45, 7) is 0. The maximum absolute atomic E-state index is 12.4. The lowest BCUT2D eigenvalue weighted by atomic mass is 10.3. The largest absolute Gasteiger partial charge is 0.497 e. The highest BCUT2D eigenvalue weighted by atomic mass is 32.3. The Bertz CT molecular complexity index is 624. The molecule has 0 amide bonds. The highest BCUT2D eigenvalue weighted by Gasteiger charge is 2.21. The number of sulfonamides is 1. The van der Waals surface area contributed by atoms with Crippen molar-refractivity contribution in [2.45, 2.75) is 4.90 Å². The van der Waals surface area contributed by atoms with Gasteiger partial charge >= 0.3 is 10.5 Å². The first kappa shape index (κ1) is 13.7. The van der Waals surface area contributed by atoms with Crippen molar-refractivity contribution in [2.24, 2.45) is 5.14 Å². The van der Waals surface area contributed by atoms with Crippen molar-refractivity contribution in [3.05, 3.63) is 18.2 Å². The van der Waals surface area contributed by atoms with E-state index in [1.165, 1.54) is 13.2 Å². The van der Waals surface area contributed by atoms with Gasteiger partial charge < -0.3 is 8.92 Å². The van der Waals surface area contributed by atoms with Gasteiger partial charge in [-0.1, -0.05) is 3.89 Å². The molecule has 17 heavy (non-hydrogen) atoms. The highest BCUT2D eigenvalue weighted by molar-refractivity contribution is 7.89. The van der Waals surface area contributed by atoms with E-state index >= 15 is 0 Å². The van der Waals surface area contributed by atoms with Crippen molar-refractivity contribution < 1.29 is 29.6 Å². The molecule has 0 saturated heterocycles. The van der Waals surface area contributed by atoms with Gasteiger partial charge in [-0.2, -0.15) is 8.42 Å². The number of primary sulfonamides is 1. The number of ether oxygens (including phenoxy) is 1. The highest BCUT2D eigenvalue weighted by Crippen LogP contribution is 2.29. The van der Waals surface area contributed by atoms with E-state index in [0.717, 1.165) is 12.1 Å². The molecule has 1 aromatic rings. The number of halogens is 1. The van der Waals surface area contributed by atoms with Crippen molar-refractivity contribution in [1.82, 2.24) is 0 Å². The molecule has 0 saturated carbocycles. The molecular weight excluding hydrogens is 277 g/mol. The first-order valence-corrected chi connectivity index (χ1v) is 6.84. The molecular formula is C7H8FNO6S2. The molecule has 2 N–H and O–H groups in total. The predicted molar refractivity (Wildman–Crippen MR) is 55.0 cm³/mol. The minimum Gasteiger partial charge on any atom is -0.497 e. The lowest BCUT2D eigenvalue weighted by Gasteiger charge is -2.08. The Kier molecular flexibility index (Phi) is 3.59. The molecule has 10 heteroatoms. The van der Waals surface area contributed by atoms with Gasteiger partial charge in [-0.3, -0.25) is 0 Å². The lowest BCUT2D eigenvalue weighted by Crippen LogP contribution is -2.15. The molecule has 0 aliphatic rings. The van der Waals surface area contributed by atoms with Gasteiger partial charge in [0.2, 0.25) is 10.0 Å². The molecule has 0 aliphatic heterocycles. The Hall–Kier alpha value is -1.39. The van der Waals surface area contributed by atoms with Gasteiger partial charge in [-0.05, 0) is 12.1 Å². The van der Waals surface area contributed by atoms with Crippen LogP contribution in [0.4, 0.5) is 3.89 Å². The Morgan fingerprint density at radius 2 is 1.82 bits per heavy atom. The molecule has 0 radical (unpaired) electrons. The summed E-state index contributed by atoms with van der Waals surface area (Å²) in [4.78, 5) is -0.667. The Labute approximate surface area is 97.4 Å². The van der Waals surface area contributed by atoms with E-state index in [2.05, 4.69) is 4.18 Å². The number of methoxy groups -OCH3 is 1. The molecule has 0 fully saturated rings. The van der Waals surface area contributed by atoms with Crippen molar-refractivity contribution in [1.29, 1.82) is 0 Å². The van der Waals surface area contributed by atoms with E-state index in [1.54, 1.807) is 0 Å². The maximum atomic E-state index is 12.4. The molecule has 7 nitrogen and oxygen atoms in total. The van der Waals surface area contributed by atoms with Gasteiger partial charge in [0.05, 0.1) is 7.11 Å². The summed E-state index contributed by atoms with van der Waals surface area (Å²) >= 11 is 0. The third-order valence-electron chi connectivity index (χ3n) is 1.65. The Morgan fingerprint density at radius 1 is 1.24 bits per heavy atom. The Balaban J connectivity index is 3.42. The SMILES string of the molecule is COc1ccc(S(N)(=O)=O)c(OS(=O)(=O)F)c1. The second-order valence-electron chi connectivity index (χ2n) is 2.83. The standard InChI is InChI=1S/C7H8FNO6S2/c1-14-5-2-3-7(16(9,10)11)6(4-5)15-17(8,12)13/h2-4H,1H3,(H2,9,10,11). The van der Waals surface area contributed by atoms with E-state index in [9.17, 15) is 20.7 Å². The van der Waals surface area contributed by atoms with E-state index < -0.39 is 31.2 Å². The number of hydrogen-bond acceptors (Lipinski definition) is 6. The first-order chi connectivity index (χ1) is 7.63. The second-order valence-corrected chi connectivity index (χ2v) is 5.32. The molecule has 0 heterocycles. The van der Waals surface area contributed by atoms with Crippen molar-refractivity contribution in [3.8, 4) is 11.5 Å². The van der Waals surface area contributed by atoms with Crippen LogP contribution in [0.25, 0.3) is 0 Å². The van der Waals surface area contributed by atoms with E-state index in [1.807, 2.05) is 0 Å². The number of benzene rings is 1. The van der Waals surface area contributed by atoms with Crippen LogP contribution in [-0.4, -0.2) is 23.9 Å². The molecule has 0 spiro atoms. The minimum atomic E-state index is -5.36. The number of hydrogen-bond donors (Lipinski definition) is 1. The van der Waals surface area contributed by atoms with Crippen LogP contribution in [0.3, 0.4) is 0 Å². The summed E-state index contributed by atoms with van der Waals surface area (Å²) in [7, 11) is -8.35. The van der Waals surface area contributed by atoms with Crippen LogP contribution in [0.15, 0.2) is 23.1 Å². The fourth-order valence-electron chi connectivity index (χ4n) is 1.02. The Morgan fingerprint density at radius 3 is 2.24 bits per heavy atom. The average molecular weight is 285 g/mol. The second kappa shape index (κ2) is 4.47. The number of nitrogens with two attached hydrogens (primary N) is 1. The smallest absolute Gasteiger partial charge is 0.488 e. The molecule has 0 unspecified atom stereocenters. The number of rotatable bonds is 4. The zero-order chi connectivity index (χ0) is 13.3. The molecule has 0 bridgehead atoms. The van der Waals surface area contributed by atoms with Crippen molar-refractivity contribution in [2.75, 3.05) is 7.11 Å². The van der Waals surface area contributed by atoms with E-state index in [0.29, 0.717) is 0 Å². The van der Waals surface area contributed by atoms with Crippen LogP contribution >= 0.6 is 0 Å². The fourth-order valence-corrected chi connectivity index (χ4v) is 2.07. The summed E-state index contributed by atoms with van der Waals surface area (Å²) in [5.74, 6) is -0.689. The minimum absolute atomic E-state index is 0.0797. The fraction of sp³-hybridized carbons (Fsp3) is 0.143. The zero-order valence-electron chi connectivity index (χ0n) is 8.45.